The Balaban J connectivity index is 1.76. The van der Waals surface area contributed by atoms with E-state index in [4.69, 9.17) is 9.47 Å². The van der Waals surface area contributed by atoms with Gasteiger partial charge in [-0.1, -0.05) is 18.2 Å². The van der Waals surface area contributed by atoms with Gasteiger partial charge in [-0.15, -0.1) is 0 Å². The summed E-state index contributed by atoms with van der Waals surface area (Å²) in [6.07, 6.45) is -1.49. The summed E-state index contributed by atoms with van der Waals surface area (Å²) in [6, 6.07) is 15.0. The number of aryl methyl sites for hydroxylation is 1. The van der Waals surface area contributed by atoms with Crippen LogP contribution < -0.4 is 9.47 Å². The molecule has 0 bridgehead atoms. The molecule has 0 radical (unpaired) electrons. The van der Waals surface area contributed by atoms with Crippen LogP contribution in [-0.2, 0) is 19.3 Å². The highest BCUT2D eigenvalue weighted by atomic mass is 19.4. The number of methoxy groups -OCH3 is 2. The topological polar surface area (TPSA) is 26.6 Å². The second-order valence-corrected chi connectivity index (χ2v) is 7.65. The first kappa shape index (κ1) is 21.3. The lowest BCUT2D eigenvalue weighted by Crippen LogP contribution is -2.30. The predicted octanol–water partition coefficient (Wildman–Crippen LogP) is 5.52. The zero-order valence-electron chi connectivity index (χ0n) is 17.5. The minimum absolute atomic E-state index is 0.299. The molecule has 0 N–H and O–H groups in total. The van der Waals surface area contributed by atoms with E-state index in [2.05, 4.69) is 9.47 Å². The number of hydrogen-bond acceptors (Lipinski definition) is 3. The zero-order chi connectivity index (χ0) is 22.0. The minimum Gasteiger partial charge on any atom is -0.497 e. The van der Waals surface area contributed by atoms with E-state index in [1.54, 1.807) is 20.3 Å². The molecule has 1 aromatic heterocycles. The fourth-order valence-electron chi connectivity index (χ4n) is 4.28. The van der Waals surface area contributed by atoms with Gasteiger partial charge in [-0.25, -0.2) is 0 Å². The van der Waals surface area contributed by atoms with Crippen molar-refractivity contribution in [3.05, 3.63) is 83.2 Å². The van der Waals surface area contributed by atoms with Crippen LogP contribution >= 0.6 is 0 Å². The molecule has 31 heavy (non-hydrogen) atoms. The summed E-state index contributed by atoms with van der Waals surface area (Å²) < 4.78 is 53.2. The Morgan fingerprint density at radius 1 is 0.968 bits per heavy atom. The molecule has 164 valence electrons. The van der Waals surface area contributed by atoms with Crippen molar-refractivity contribution in [3.8, 4) is 11.5 Å². The van der Waals surface area contributed by atoms with E-state index < -0.39 is 11.7 Å². The summed E-state index contributed by atoms with van der Waals surface area (Å²) in [7, 11) is 3.21. The quantitative estimate of drug-likeness (QED) is 0.533. The summed E-state index contributed by atoms with van der Waals surface area (Å²) in [5.74, 6) is 1.39. The van der Waals surface area contributed by atoms with E-state index in [-0.39, 0.29) is 6.04 Å². The van der Waals surface area contributed by atoms with Crippen molar-refractivity contribution in [1.82, 2.24) is 9.47 Å². The monoisotopic (exact) mass is 430 g/mol. The van der Waals surface area contributed by atoms with Crippen LogP contribution in [0.25, 0.3) is 0 Å². The van der Waals surface area contributed by atoms with Gasteiger partial charge in [-0.05, 0) is 42.3 Å². The van der Waals surface area contributed by atoms with E-state index in [1.165, 1.54) is 12.1 Å². The summed E-state index contributed by atoms with van der Waals surface area (Å²) in [6.45, 7) is 2.12. The molecule has 4 nitrogen and oxygen atoms in total. The standard InChI is InChI=1S/C24H25F3N2O2/c1-30-20-10-9-18(22(15-20)31-2)16-29-13-5-12-28-11-4-8-21(28)23(29)17-6-3-7-19(14-17)24(25,26)27/h3-4,6-11,14-15,23H,5,12-13,16H2,1-2H3/t23-/m1/s1. The molecule has 0 spiro atoms. The molecule has 0 aliphatic carbocycles. The Kier molecular flexibility index (Phi) is 5.96. The van der Waals surface area contributed by atoms with Crippen LogP contribution in [0.1, 0.15) is 34.8 Å². The molecule has 0 amide bonds. The number of nitrogens with zero attached hydrogens (tertiary/aromatic N) is 2. The second kappa shape index (κ2) is 8.67. The lowest BCUT2D eigenvalue weighted by atomic mass is 9.98. The van der Waals surface area contributed by atoms with Gasteiger partial charge in [-0.2, -0.15) is 13.2 Å². The number of hydrogen-bond donors (Lipinski definition) is 0. The van der Waals surface area contributed by atoms with Gasteiger partial charge >= 0.3 is 6.18 Å². The molecule has 0 unspecified atom stereocenters. The van der Waals surface area contributed by atoms with Crippen molar-refractivity contribution in [3.63, 3.8) is 0 Å². The molecule has 2 aromatic carbocycles. The van der Waals surface area contributed by atoms with Crippen LogP contribution in [0.4, 0.5) is 13.2 Å². The molecular weight excluding hydrogens is 405 g/mol. The summed E-state index contributed by atoms with van der Waals surface area (Å²) >= 11 is 0. The maximum atomic E-state index is 13.4. The largest absolute Gasteiger partial charge is 0.497 e. The number of halogens is 3. The van der Waals surface area contributed by atoms with Gasteiger partial charge in [0.25, 0.3) is 0 Å². The number of aromatic nitrogens is 1. The van der Waals surface area contributed by atoms with Crippen molar-refractivity contribution in [2.75, 3.05) is 20.8 Å². The fraction of sp³-hybridized carbons (Fsp3) is 0.333. The number of ether oxygens (including phenoxy) is 2. The molecule has 4 rings (SSSR count). The van der Waals surface area contributed by atoms with E-state index in [1.807, 2.05) is 36.5 Å². The first-order chi connectivity index (χ1) is 14.9. The lowest BCUT2D eigenvalue weighted by Gasteiger charge is -2.31. The summed E-state index contributed by atoms with van der Waals surface area (Å²) in [5, 5.41) is 0. The molecule has 1 aliphatic rings. The van der Waals surface area contributed by atoms with E-state index in [0.29, 0.717) is 23.6 Å². The van der Waals surface area contributed by atoms with Crippen LogP contribution in [0, 0.1) is 0 Å². The van der Waals surface area contributed by atoms with Gasteiger partial charge < -0.3 is 14.0 Å². The Hall–Kier alpha value is -2.93. The first-order valence-electron chi connectivity index (χ1n) is 10.2. The Labute approximate surface area is 179 Å². The third-order valence-electron chi connectivity index (χ3n) is 5.75. The van der Waals surface area contributed by atoms with Crippen LogP contribution in [0.2, 0.25) is 0 Å². The molecule has 1 aliphatic heterocycles. The van der Waals surface area contributed by atoms with E-state index in [9.17, 15) is 13.2 Å². The Morgan fingerprint density at radius 3 is 2.55 bits per heavy atom. The minimum atomic E-state index is -4.38. The highest BCUT2D eigenvalue weighted by Crippen LogP contribution is 2.37. The number of rotatable bonds is 5. The van der Waals surface area contributed by atoms with Crippen molar-refractivity contribution in [2.45, 2.75) is 31.7 Å². The molecule has 1 atom stereocenters. The van der Waals surface area contributed by atoms with Crippen LogP contribution in [0.3, 0.4) is 0 Å². The molecule has 7 heteroatoms. The highest BCUT2D eigenvalue weighted by Gasteiger charge is 2.33. The summed E-state index contributed by atoms with van der Waals surface area (Å²) in [5.41, 5.74) is 1.95. The number of alkyl halides is 3. The van der Waals surface area contributed by atoms with Gasteiger partial charge in [0.05, 0.1) is 25.8 Å². The van der Waals surface area contributed by atoms with Crippen molar-refractivity contribution < 1.29 is 22.6 Å². The third-order valence-corrected chi connectivity index (χ3v) is 5.75. The normalized spacial score (nSPS) is 17.1. The smallest absolute Gasteiger partial charge is 0.416 e. The molecule has 0 saturated heterocycles. The van der Waals surface area contributed by atoms with Gasteiger partial charge in [0.1, 0.15) is 11.5 Å². The first-order valence-corrected chi connectivity index (χ1v) is 10.2. The number of fused-ring (bicyclic) bond motifs is 1. The van der Waals surface area contributed by atoms with Gasteiger partial charge in [0.15, 0.2) is 0 Å². The molecular formula is C24H25F3N2O2. The van der Waals surface area contributed by atoms with E-state index in [0.717, 1.165) is 36.8 Å². The second-order valence-electron chi connectivity index (χ2n) is 7.65. The van der Waals surface area contributed by atoms with Crippen molar-refractivity contribution >= 4 is 0 Å². The van der Waals surface area contributed by atoms with Crippen LogP contribution in [0.5, 0.6) is 11.5 Å². The molecule has 0 saturated carbocycles. The lowest BCUT2D eigenvalue weighted by molar-refractivity contribution is -0.137. The predicted molar refractivity (Wildman–Crippen MR) is 112 cm³/mol. The van der Waals surface area contributed by atoms with Crippen LogP contribution in [-0.4, -0.2) is 30.2 Å². The fourth-order valence-corrected chi connectivity index (χ4v) is 4.28. The highest BCUT2D eigenvalue weighted by molar-refractivity contribution is 5.41. The maximum absolute atomic E-state index is 13.4. The average molecular weight is 430 g/mol. The van der Waals surface area contributed by atoms with E-state index >= 15 is 0 Å². The number of benzene rings is 2. The van der Waals surface area contributed by atoms with Gasteiger partial charge in [0, 0.05) is 43.2 Å². The third kappa shape index (κ3) is 4.42. The van der Waals surface area contributed by atoms with Gasteiger partial charge in [-0.3, -0.25) is 4.90 Å². The molecule has 3 aromatic rings. The average Bonchev–Trinajstić information content (AvgIpc) is 3.14. The molecule has 0 fully saturated rings. The van der Waals surface area contributed by atoms with Crippen LogP contribution in [0.15, 0.2) is 60.8 Å². The summed E-state index contributed by atoms with van der Waals surface area (Å²) in [4.78, 5) is 2.22. The SMILES string of the molecule is COc1ccc(CN2CCCn3cccc3[C@H]2c2cccc(C(F)(F)F)c2)c(OC)c1. The van der Waals surface area contributed by atoms with Gasteiger partial charge in [0.2, 0.25) is 0 Å². The Bertz CT molecular complexity index is 1050. The maximum Gasteiger partial charge on any atom is 0.416 e. The van der Waals surface area contributed by atoms with Crippen molar-refractivity contribution in [1.29, 1.82) is 0 Å². The zero-order valence-corrected chi connectivity index (χ0v) is 17.5. The van der Waals surface area contributed by atoms with Crippen molar-refractivity contribution in [2.24, 2.45) is 0 Å². The Morgan fingerprint density at radius 2 is 1.81 bits per heavy atom. The molecule has 2 heterocycles.